The van der Waals surface area contributed by atoms with Crippen molar-refractivity contribution in [2.75, 3.05) is 37.5 Å². The highest BCUT2D eigenvalue weighted by molar-refractivity contribution is 7.75. The molecule has 0 aromatic carbocycles. The molecule has 0 heterocycles. The van der Waals surface area contributed by atoms with Crippen LogP contribution in [0.2, 0.25) is 0 Å². The zero-order chi connectivity index (χ0) is 13.6. The Morgan fingerprint density at radius 1 is 0.706 bits per heavy atom. The van der Waals surface area contributed by atoms with Gasteiger partial charge in [0.15, 0.2) is 0 Å². The fraction of sp³-hybridized carbons (Fsp3) is 1.00. The Kier molecular flexibility index (Phi) is 17.7. The molecule has 0 saturated heterocycles. The lowest BCUT2D eigenvalue weighted by atomic mass is 10.4. The second-order valence-corrected chi connectivity index (χ2v) is 11.7. The molecule has 17 heavy (non-hydrogen) atoms. The number of unbranched alkanes of at least 4 members (excludes halogenated alkanes) is 2. The van der Waals surface area contributed by atoms with E-state index < -0.39 is 7.26 Å². The van der Waals surface area contributed by atoms with Crippen LogP contribution >= 0.6 is 15.8 Å². The van der Waals surface area contributed by atoms with Gasteiger partial charge in [0, 0.05) is 13.9 Å². The van der Waals surface area contributed by atoms with Crippen LogP contribution in [-0.2, 0) is 0 Å². The quantitative estimate of drug-likeness (QED) is 0.361. The summed E-state index contributed by atoms with van der Waals surface area (Å²) in [6.45, 7) is 14.0. The fourth-order valence-electron chi connectivity index (χ4n) is 1.40. The molecule has 0 radical (unpaired) electrons. The summed E-state index contributed by atoms with van der Waals surface area (Å²) in [6, 6.07) is 0. The second-order valence-electron chi connectivity index (χ2n) is 5.03. The minimum Gasteiger partial charge on any atom is -0.122 e. The highest BCUT2D eigenvalue weighted by Gasteiger charge is 2.22. The molecule has 0 unspecified atom stereocenters. The molecule has 0 amide bonds. The number of hydrogen-bond donors (Lipinski definition) is 0. The Labute approximate surface area is 114 Å². The van der Waals surface area contributed by atoms with E-state index in [1.807, 2.05) is 0 Å². The molecule has 0 saturated carbocycles. The van der Waals surface area contributed by atoms with E-state index >= 15 is 0 Å². The first-order valence-electron chi connectivity index (χ1n) is 7.64. The number of hydrogen-bond acceptors (Lipinski definition) is 0. The molecule has 2 heteroatoms. The molecular formula is C15H37P2+. The van der Waals surface area contributed by atoms with E-state index in [-0.39, 0.29) is 0 Å². The molecule has 0 aliphatic rings. The molecule has 0 aromatic rings. The fourth-order valence-corrected chi connectivity index (χ4v) is 4.20. The molecule has 0 bridgehead atoms. The summed E-state index contributed by atoms with van der Waals surface area (Å²) in [5.41, 5.74) is 0. The Hall–Kier alpha value is 0.860. The van der Waals surface area contributed by atoms with Crippen LogP contribution in [0.15, 0.2) is 0 Å². The maximum absolute atomic E-state index is 2.47. The van der Waals surface area contributed by atoms with E-state index in [1.54, 1.807) is 0 Å². The van der Waals surface area contributed by atoms with Crippen LogP contribution in [0, 0.1) is 0 Å². The van der Waals surface area contributed by atoms with Crippen molar-refractivity contribution in [1.29, 1.82) is 0 Å². The molecule has 0 fully saturated rings. The predicted octanol–water partition coefficient (Wildman–Crippen LogP) is 5.96. The van der Waals surface area contributed by atoms with Gasteiger partial charge in [0.2, 0.25) is 0 Å². The normalized spacial score (nSPS) is 10.9. The van der Waals surface area contributed by atoms with Crippen molar-refractivity contribution in [2.24, 2.45) is 0 Å². The molecule has 0 nitrogen and oxygen atoms in total. The lowest BCUT2D eigenvalue weighted by Gasteiger charge is -2.16. The van der Waals surface area contributed by atoms with Crippen molar-refractivity contribution >= 4 is 15.8 Å². The van der Waals surface area contributed by atoms with Crippen LogP contribution in [-0.4, -0.2) is 37.5 Å². The molecule has 0 atom stereocenters. The summed E-state index contributed by atoms with van der Waals surface area (Å²) in [7, 11) is 0.834. The zero-order valence-corrected chi connectivity index (χ0v) is 15.2. The lowest BCUT2D eigenvalue weighted by molar-refractivity contribution is 0.874. The third kappa shape index (κ3) is 14.8. The molecule has 0 N–H and O–H groups in total. The lowest BCUT2D eigenvalue weighted by Crippen LogP contribution is -1.98. The molecule has 0 spiro atoms. The minimum absolute atomic E-state index is 0.412. The summed E-state index contributed by atoms with van der Waals surface area (Å²) < 4.78 is 0. The molecule has 106 valence electrons. The largest absolute Gasteiger partial charge is 0.122 e. The molecule has 0 aromatic heterocycles. The molecule has 0 aliphatic heterocycles. The van der Waals surface area contributed by atoms with E-state index in [0.29, 0.717) is 0 Å². The van der Waals surface area contributed by atoms with Crippen LogP contribution < -0.4 is 0 Å². The summed E-state index contributed by atoms with van der Waals surface area (Å²) in [6.07, 6.45) is 12.9. The minimum atomic E-state index is -0.412. The SMILES string of the molecule is CCCCPCCCC.CC[P+](C)(CC)CC. The Bertz CT molecular complexity index is 117. The van der Waals surface area contributed by atoms with Gasteiger partial charge in [-0.25, -0.2) is 0 Å². The van der Waals surface area contributed by atoms with Gasteiger partial charge in [-0.1, -0.05) is 26.7 Å². The van der Waals surface area contributed by atoms with Gasteiger partial charge in [-0.2, -0.15) is 0 Å². The standard InChI is InChI=1S/C8H19P.C7H18P/c1-3-5-7-9-8-6-4-2;1-5-8(4,6-2)7-3/h9H,3-8H2,1-2H3;5-7H2,1-4H3/q;+1. The summed E-state index contributed by atoms with van der Waals surface area (Å²) in [5.74, 6) is 0. The summed E-state index contributed by atoms with van der Waals surface area (Å²) >= 11 is 0. The smallest absolute Gasteiger partial charge is 0.0563 e. The summed E-state index contributed by atoms with van der Waals surface area (Å²) in [5, 5.41) is 0. The van der Waals surface area contributed by atoms with Gasteiger partial charge in [0.1, 0.15) is 0 Å². The van der Waals surface area contributed by atoms with Crippen LogP contribution in [0.1, 0.15) is 60.3 Å². The highest BCUT2D eigenvalue weighted by Crippen LogP contribution is 2.53. The van der Waals surface area contributed by atoms with Gasteiger partial charge >= 0.3 is 0 Å². The molecule has 0 rings (SSSR count). The van der Waals surface area contributed by atoms with Gasteiger partial charge in [0.05, 0.1) is 18.5 Å². The van der Waals surface area contributed by atoms with Crippen LogP contribution in [0.5, 0.6) is 0 Å². The van der Waals surface area contributed by atoms with Crippen LogP contribution in [0.25, 0.3) is 0 Å². The van der Waals surface area contributed by atoms with Gasteiger partial charge in [0.25, 0.3) is 0 Å². The van der Waals surface area contributed by atoms with Gasteiger partial charge in [-0.15, -0.1) is 8.58 Å². The van der Waals surface area contributed by atoms with E-state index in [0.717, 1.165) is 0 Å². The van der Waals surface area contributed by atoms with Crippen LogP contribution in [0.4, 0.5) is 0 Å². The zero-order valence-electron chi connectivity index (χ0n) is 13.3. The van der Waals surface area contributed by atoms with E-state index in [1.165, 1.54) is 65.1 Å². The molecule has 0 aliphatic carbocycles. The van der Waals surface area contributed by atoms with Crippen molar-refractivity contribution < 1.29 is 0 Å². The van der Waals surface area contributed by atoms with Gasteiger partial charge in [-0.3, -0.25) is 0 Å². The third-order valence-electron chi connectivity index (χ3n) is 3.70. The predicted molar refractivity (Wildman–Crippen MR) is 92.3 cm³/mol. The van der Waals surface area contributed by atoms with Gasteiger partial charge < -0.3 is 0 Å². The monoisotopic (exact) mass is 279 g/mol. The van der Waals surface area contributed by atoms with Crippen molar-refractivity contribution in [3.05, 3.63) is 0 Å². The first-order chi connectivity index (χ1) is 8.10. The maximum atomic E-state index is 2.47. The van der Waals surface area contributed by atoms with E-state index in [4.69, 9.17) is 0 Å². The average molecular weight is 279 g/mol. The van der Waals surface area contributed by atoms with Crippen molar-refractivity contribution in [3.63, 3.8) is 0 Å². The Morgan fingerprint density at radius 3 is 1.24 bits per heavy atom. The highest BCUT2D eigenvalue weighted by atomic mass is 31.2. The van der Waals surface area contributed by atoms with E-state index in [2.05, 4.69) is 41.3 Å². The topological polar surface area (TPSA) is 0 Å². The average Bonchev–Trinajstić information content (AvgIpc) is 2.38. The van der Waals surface area contributed by atoms with Crippen molar-refractivity contribution in [1.82, 2.24) is 0 Å². The van der Waals surface area contributed by atoms with Crippen LogP contribution in [0.3, 0.4) is 0 Å². The molecular weight excluding hydrogens is 242 g/mol. The van der Waals surface area contributed by atoms with Gasteiger partial charge in [-0.05, 0) is 45.9 Å². The second kappa shape index (κ2) is 14.9. The number of rotatable bonds is 9. The van der Waals surface area contributed by atoms with Crippen molar-refractivity contribution in [2.45, 2.75) is 60.3 Å². The maximum Gasteiger partial charge on any atom is 0.0563 e. The first kappa shape index (κ1) is 20.2. The first-order valence-corrected chi connectivity index (χ1v) is 11.8. The van der Waals surface area contributed by atoms with Crippen molar-refractivity contribution in [3.8, 4) is 0 Å². The third-order valence-corrected chi connectivity index (χ3v) is 9.70. The Morgan fingerprint density at radius 2 is 1.06 bits per heavy atom. The Balaban J connectivity index is 0. The summed E-state index contributed by atoms with van der Waals surface area (Å²) in [4.78, 5) is 0. The van der Waals surface area contributed by atoms with E-state index in [9.17, 15) is 0 Å².